The van der Waals surface area contributed by atoms with Crippen LogP contribution in [-0.2, 0) is 0 Å². The van der Waals surface area contributed by atoms with Gasteiger partial charge in [-0.25, -0.2) is 14.4 Å². The molecule has 0 saturated heterocycles. The molecule has 166 valence electrons. The highest BCUT2D eigenvalue weighted by Gasteiger charge is 2.24. The first-order valence-electron chi connectivity index (χ1n) is 12.0. The Balaban J connectivity index is 1.46. The van der Waals surface area contributed by atoms with E-state index in [9.17, 15) is 0 Å². The lowest BCUT2D eigenvalue weighted by Crippen LogP contribution is -1.87. The first kappa shape index (κ1) is 17.4. The Labute approximate surface area is 201 Å². The van der Waals surface area contributed by atoms with Crippen LogP contribution in [0.25, 0.3) is 82.9 Å². The van der Waals surface area contributed by atoms with E-state index in [0.717, 1.165) is 72.1 Å². The summed E-state index contributed by atoms with van der Waals surface area (Å²) in [6.45, 7) is 0. The van der Waals surface area contributed by atoms with Crippen LogP contribution >= 0.6 is 0 Å². The molecule has 0 unspecified atom stereocenters. The zero-order chi connectivity index (χ0) is 23.1. The molecule has 10 rings (SSSR count). The first-order valence-corrected chi connectivity index (χ1v) is 12.0. The SMILES string of the molecule is c1ccc2c(c1)ccc1nc3n(c4cccc5c4n3c3nc4cc6oc7ccccc7c6cc4n53)c12. The standard InChI is InChI=1S/C30H15N5O/c1-2-7-17-16(6-1)12-13-20-27(17)34-23-10-5-9-22-28(23)35(30(34)31-20)29-32-21-15-26-19(14-24(21)33(22)29)18-8-3-4-11-25(18)36-26/h1-15H. The van der Waals surface area contributed by atoms with Crippen molar-refractivity contribution in [2.75, 3.05) is 0 Å². The van der Waals surface area contributed by atoms with E-state index in [-0.39, 0.29) is 0 Å². The van der Waals surface area contributed by atoms with Gasteiger partial charge < -0.3 is 4.42 Å². The number of para-hydroxylation sites is 2. The molecule has 10 aromatic rings. The molecule has 0 atom stereocenters. The molecule has 0 aliphatic carbocycles. The monoisotopic (exact) mass is 461 g/mol. The Bertz CT molecular complexity index is 2540. The molecule has 0 bridgehead atoms. The molecule has 0 spiro atoms. The minimum atomic E-state index is 0.856. The smallest absolute Gasteiger partial charge is 0.223 e. The molecule has 0 N–H and O–H groups in total. The van der Waals surface area contributed by atoms with E-state index in [0.29, 0.717) is 0 Å². The average molecular weight is 461 g/mol. The van der Waals surface area contributed by atoms with E-state index in [2.05, 4.69) is 92.1 Å². The van der Waals surface area contributed by atoms with Crippen molar-refractivity contribution in [3.8, 4) is 0 Å². The number of hydrogen-bond acceptors (Lipinski definition) is 3. The van der Waals surface area contributed by atoms with Gasteiger partial charge in [0.15, 0.2) is 0 Å². The van der Waals surface area contributed by atoms with Crippen LogP contribution in [0.2, 0.25) is 0 Å². The molecular formula is C30H15N5O. The fraction of sp³-hybridized carbons (Fsp3) is 0. The van der Waals surface area contributed by atoms with E-state index in [1.807, 2.05) is 12.1 Å². The van der Waals surface area contributed by atoms with E-state index in [1.165, 1.54) is 10.8 Å². The lowest BCUT2D eigenvalue weighted by atomic mass is 10.1. The Hall–Kier alpha value is -5.10. The van der Waals surface area contributed by atoms with Crippen molar-refractivity contribution in [1.29, 1.82) is 0 Å². The second kappa shape index (κ2) is 5.58. The summed E-state index contributed by atoms with van der Waals surface area (Å²) in [7, 11) is 0. The van der Waals surface area contributed by atoms with Gasteiger partial charge in [0.05, 0.1) is 33.1 Å². The number of nitrogens with zero attached hydrogens (tertiary/aromatic N) is 5. The van der Waals surface area contributed by atoms with Gasteiger partial charge in [-0.2, -0.15) is 0 Å². The van der Waals surface area contributed by atoms with Gasteiger partial charge >= 0.3 is 0 Å². The van der Waals surface area contributed by atoms with Crippen LogP contribution in [-0.4, -0.2) is 23.2 Å². The Morgan fingerprint density at radius 2 is 1.28 bits per heavy atom. The number of rotatable bonds is 0. The van der Waals surface area contributed by atoms with Crippen molar-refractivity contribution in [3.63, 3.8) is 0 Å². The van der Waals surface area contributed by atoms with Crippen LogP contribution in [0.5, 0.6) is 0 Å². The highest BCUT2D eigenvalue weighted by atomic mass is 16.3. The summed E-state index contributed by atoms with van der Waals surface area (Å²) >= 11 is 0. The Morgan fingerprint density at radius 1 is 0.500 bits per heavy atom. The van der Waals surface area contributed by atoms with Gasteiger partial charge in [0.1, 0.15) is 16.7 Å². The first-order chi connectivity index (χ1) is 17.8. The van der Waals surface area contributed by atoms with Crippen molar-refractivity contribution in [1.82, 2.24) is 23.2 Å². The molecule has 5 aromatic heterocycles. The van der Waals surface area contributed by atoms with Crippen LogP contribution in [0, 0.1) is 0 Å². The van der Waals surface area contributed by atoms with Gasteiger partial charge in [0, 0.05) is 22.2 Å². The lowest BCUT2D eigenvalue weighted by Gasteiger charge is -2.01. The van der Waals surface area contributed by atoms with Crippen molar-refractivity contribution in [2.45, 2.75) is 0 Å². The predicted molar refractivity (Wildman–Crippen MR) is 143 cm³/mol. The largest absolute Gasteiger partial charge is 0.456 e. The molecule has 0 amide bonds. The highest BCUT2D eigenvalue weighted by molar-refractivity contribution is 6.12. The number of benzene rings is 5. The van der Waals surface area contributed by atoms with Gasteiger partial charge in [-0.15, -0.1) is 0 Å². The van der Waals surface area contributed by atoms with Crippen molar-refractivity contribution in [2.24, 2.45) is 0 Å². The molecule has 6 nitrogen and oxygen atoms in total. The van der Waals surface area contributed by atoms with E-state index in [1.54, 1.807) is 0 Å². The van der Waals surface area contributed by atoms with Gasteiger partial charge in [0.2, 0.25) is 11.6 Å². The fourth-order valence-electron chi connectivity index (χ4n) is 6.27. The summed E-state index contributed by atoms with van der Waals surface area (Å²) in [5.41, 5.74) is 9.24. The molecule has 36 heavy (non-hydrogen) atoms. The summed E-state index contributed by atoms with van der Waals surface area (Å²) in [5, 5.41) is 4.64. The zero-order valence-electron chi connectivity index (χ0n) is 18.8. The molecule has 0 aliphatic heterocycles. The molecule has 5 heterocycles. The Kier molecular flexibility index (Phi) is 2.69. The molecule has 0 radical (unpaired) electrons. The number of fused-ring (bicyclic) bond motifs is 15. The van der Waals surface area contributed by atoms with Crippen molar-refractivity contribution >= 4 is 82.9 Å². The quantitative estimate of drug-likeness (QED) is 0.240. The molecule has 5 aromatic carbocycles. The minimum Gasteiger partial charge on any atom is -0.456 e. The predicted octanol–water partition coefficient (Wildman–Crippen LogP) is 7.18. The Morgan fingerprint density at radius 3 is 2.22 bits per heavy atom. The second-order valence-electron chi connectivity index (χ2n) is 9.56. The van der Waals surface area contributed by atoms with Crippen LogP contribution in [0.1, 0.15) is 0 Å². The second-order valence-corrected chi connectivity index (χ2v) is 9.56. The van der Waals surface area contributed by atoms with Crippen molar-refractivity contribution in [3.05, 3.63) is 91.0 Å². The third-order valence-corrected chi connectivity index (χ3v) is 7.76. The lowest BCUT2D eigenvalue weighted by molar-refractivity contribution is 0.669. The fourth-order valence-corrected chi connectivity index (χ4v) is 6.27. The third kappa shape index (κ3) is 1.80. The summed E-state index contributed by atoms with van der Waals surface area (Å²) in [4.78, 5) is 10.2. The number of aromatic nitrogens is 5. The van der Waals surface area contributed by atoms with Crippen LogP contribution in [0.4, 0.5) is 0 Å². The van der Waals surface area contributed by atoms with Crippen LogP contribution in [0.15, 0.2) is 95.4 Å². The molecule has 0 fully saturated rings. The molecule has 6 heteroatoms. The summed E-state index contributed by atoms with van der Waals surface area (Å²) in [6.07, 6.45) is 0. The van der Waals surface area contributed by atoms with Gasteiger partial charge in [-0.3, -0.25) is 8.80 Å². The summed E-state index contributed by atoms with van der Waals surface area (Å²) in [6, 6.07) is 31.7. The van der Waals surface area contributed by atoms with E-state index >= 15 is 0 Å². The summed E-state index contributed by atoms with van der Waals surface area (Å²) < 4.78 is 12.9. The molecule has 0 aliphatic rings. The normalized spacial score (nSPS) is 13.0. The third-order valence-electron chi connectivity index (χ3n) is 7.76. The zero-order valence-corrected chi connectivity index (χ0v) is 18.8. The topological polar surface area (TPSA) is 52.2 Å². The number of imidazole rings is 4. The van der Waals surface area contributed by atoms with Gasteiger partial charge in [0.25, 0.3) is 0 Å². The maximum Gasteiger partial charge on any atom is 0.223 e. The van der Waals surface area contributed by atoms with E-state index < -0.39 is 0 Å². The summed E-state index contributed by atoms with van der Waals surface area (Å²) in [5.74, 6) is 1.75. The van der Waals surface area contributed by atoms with Crippen LogP contribution < -0.4 is 0 Å². The highest BCUT2D eigenvalue weighted by Crippen LogP contribution is 2.38. The minimum absolute atomic E-state index is 0.856. The molecular weight excluding hydrogens is 446 g/mol. The maximum absolute atomic E-state index is 6.15. The number of furan rings is 1. The number of hydrogen-bond donors (Lipinski definition) is 0. The van der Waals surface area contributed by atoms with Gasteiger partial charge in [-0.05, 0) is 35.7 Å². The van der Waals surface area contributed by atoms with E-state index in [4.69, 9.17) is 14.4 Å². The maximum atomic E-state index is 6.15. The molecule has 0 saturated carbocycles. The van der Waals surface area contributed by atoms with Crippen LogP contribution in [0.3, 0.4) is 0 Å². The average Bonchev–Trinajstić information content (AvgIpc) is 3.68. The van der Waals surface area contributed by atoms with Crippen molar-refractivity contribution < 1.29 is 4.42 Å². The van der Waals surface area contributed by atoms with Gasteiger partial charge in [-0.1, -0.05) is 54.6 Å².